The molecule has 0 atom stereocenters. The minimum atomic E-state index is 0.606. The molecule has 23 heavy (non-hydrogen) atoms. The molecule has 2 N–H and O–H groups in total. The summed E-state index contributed by atoms with van der Waals surface area (Å²) in [4.78, 5) is 10.1. The van der Waals surface area contributed by atoms with Crippen LogP contribution in [0, 0.1) is 0 Å². The largest absolute Gasteiger partial charge is 0.361 e. The van der Waals surface area contributed by atoms with E-state index < -0.39 is 0 Å². The zero-order valence-electron chi connectivity index (χ0n) is 13.0. The maximum Gasteiger partial charge on any atom is 0.244 e. The summed E-state index contributed by atoms with van der Waals surface area (Å²) in [5.41, 5.74) is 2.48. The summed E-state index contributed by atoms with van der Waals surface area (Å²) in [7, 11) is 0. The molecular weight excluding hydrogens is 288 g/mol. The van der Waals surface area contributed by atoms with E-state index in [1.165, 1.54) is 29.3 Å². The average molecular weight is 308 g/mol. The maximum atomic E-state index is 4.57. The number of para-hydroxylation sites is 1. The molecule has 0 spiro atoms. The van der Waals surface area contributed by atoms with Crippen LogP contribution in [0.1, 0.15) is 18.4 Å². The minimum Gasteiger partial charge on any atom is -0.361 e. The summed E-state index contributed by atoms with van der Waals surface area (Å²) < 4.78 is 0. The number of aromatic nitrogens is 4. The number of hydrogen-bond donors (Lipinski definition) is 2. The summed E-state index contributed by atoms with van der Waals surface area (Å²) in [6.07, 6.45) is 7.20. The predicted octanol–water partition coefficient (Wildman–Crippen LogP) is 2.61. The number of anilines is 2. The fourth-order valence-electron chi connectivity index (χ4n) is 3.12. The first-order valence-electron chi connectivity index (χ1n) is 8.14. The number of aromatic amines is 1. The Morgan fingerprint density at radius 3 is 2.96 bits per heavy atom. The normalized spacial score (nSPS) is 14.5. The third-order valence-electron chi connectivity index (χ3n) is 4.33. The van der Waals surface area contributed by atoms with Crippen molar-refractivity contribution in [3.63, 3.8) is 0 Å². The summed E-state index contributed by atoms with van der Waals surface area (Å²) in [5.74, 6) is 1.53. The number of fused-ring (bicyclic) bond motifs is 1. The number of rotatable bonds is 5. The van der Waals surface area contributed by atoms with Crippen LogP contribution < -0.4 is 10.2 Å². The molecule has 1 aliphatic heterocycles. The first-order chi connectivity index (χ1) is 11.4. The van der Waals surface area contributed by atoms with E-state index in [1.54, 1.807) is 6.20 Å². The minimum absolute atomic E-state index is 0.606. The Hall–Kier alpha value is -2.63. The SMILES string of the molecule is c1ccc2c(CCNc3nncc(N4CCCC4)n3)c[nH]c2c1. The lowest BCUT2D eigenvalue weighted by Crippen LogP contribution is -2.20. The van der Waals surface area contributed by atoms with Crippen LogP contribution >= 0.6 is 0 Å². The van der Waals surface area contributed by atoms with E-state index in [4.69, 9.17) is 0 Å². The van der Waals surface area contributed by atoms with Crippen LogP contribution in [-0.4, -0.2) is 39.8 Å². The third kappa shape index (κ3) is 2.97. The predicted molar refractivity (Wildman–Crippen MR) is 91.8 cm³/mol. The average Bonchev–Trinajstić information content (AvgIpc) is 3.25. The number of nitrogens with zero attached hydrogens (tertiary/aromatic N) is 4. The van der Waals surface area contributed by atoms with E-state index >= 15 is 0 Å². The molecule has 0 aliphatic carbocycles. The Bertz CT molecular complexity index is 790. The molecule has 0 saturated carbocycles. The van der Waals surface area contributed by atoms with E-state index in [0.29, 0.717) is 5.95 Å². The molecule has 0 bridgehead atoms. The molecule has 1 aromatic carbocycles. The monoisotopic (exact) mass is 308 g/mol. The van der Waals surface area contributed by atoms with Gasteiger partial charge in [0.05, 0.1) is 6.20 Å². The van der Waals surface area contributed by atoms with E-state index in [0.717, 1.165) is 31.9 Å². The zero-order chi connectivity index (χ0) is 15.5. The maximum absolute atomic E-state index is 4.57. The summed E-state index contributed by atoms with van der Waals surface area (Å²) >= 11 is 0. The first-order valence-corrected chi connectivity index (χ1v) is 8.14. The topological polar surface area (TPSA) is 69.7 Å². The number of benzene rings is 1. The zero-order valence-corrected chi connectivity index (χ0v) is 13.0. The third-order valence-corrected chi connectivity index (χ3v) is 4.33. The second-order valence-corrected chi connectivity index (χ2v) is 5.87. The van der Waals surface area contributed by atoms with E-state index in [2.05, 4.69) is 54.8 Å². The molecule has 6 nitrogen and oxygen atoms in total. The Kier molecular flexibility index (Phi) is 3.80. The molecule has 0 radical (unpaired) electrons. The Labute approximate surface area is 135 Å². The van der Waals surface area contributed by atoms with Crippen LogP contribution in [0.15, 0.2) is 36.7 Å². The molecule has 0 unspecified atom stereocenters. The van der Waals surface area contributed by atoms with Crippen molar-refractivity contribution in [3.05, 3.63) is 42.2 Å². The highest BCUT2D eigenvalue weighted by Gasteiger charge is 2.14. The van der Waals surface area contributed by atoms with Gasteiger partial charge < -0.3 is 15.2 Å². The van der Waals surface area contributed by atoms with Crippen LogP contribution in [0.25, 0.3) is 10.9 Å². The molecule has 4 rings (SSSR count). The van der Waals surface area contributed by atoms with Gasteiger partial charge in [-0.05, 0) is 30.9 Å². The molecule has 1 aliphatic rings. The van der Waals surface area contributed by atoms with Gasteiger partial charge in [-0.15, -0.1) is 5.10 Å². The van der Waals surface area contributed by atoms with Crippen LogP contribution in [0.4, 0.5) is 11.8 Å². The van der Waals surface area contributed by atoms with Gasteiger partial charge in [0, 0.05) is 36.7 Å². The fraction of sp³-hybridized carbons (Fsp3) is 0.353. The molecule has 3 heterocycles. The Morgan fingerprint density at radius 1 is 1.17 bits per heavy atom. The number of nitrogens with one attached hydrogen (secondary N) is 2. The molecule has 6 heteroatoms. The molecular formula is C17H20N6. The molecule has 118 valence electrons. The lowest BCUT2D eigenvalue weighted by Gasteiger charge is -2.15. The van der Waals surface area contributed by atoms with Crippen molar-refractivity contribution in [3.8, 4) is 0 Å². The Balaban J connectivity index is 1.40. The van der Waals surface area contributed by atoms with Gasteiger partial charge in [-0.3, -0.25) is 0 Å². The van der Waals surface area contributed by atoms with Crippen molar-refractivity contribution >= 4 is 22.7 Å². The smallest absolute Gasteiger partial charge is 0.244 e. The van der Waals surface area contributed by atoms with Crippen LogP contribution in [0.5, 0.6) is 0 Å². The van der Waals surface area contributed by atoms with Crippen molar-refractivity contribution in [2.45, 2.75) is 19.3 Å². The van der Waals surface area contributed by atoms with Crippen molar-refractivity contribution in [2.75, 3.05) is 29.9 Å². The standard InChI is InChI=1S/C17H20N6/c1-2-6-15-14(5-1)13(11-19-15)7-8-18-17-21-16(12-20-22-17)23-9-3-4-10-23/h1-2,5-6,11-12,19H,3-4,7-10H2,(H,18,21,22). The Morgan fingerprint density at radius 2 is 2.04 bits per heavy atom. The second kappa shape index (κ2) is 6.24. The summed E-state index contributed by atoms with van der Waals surface area (Å²) in [5, 5.41) is 12.7. The van der Waals surface area contributed by atoms with Crippen molar-refractivity contribution in [1.29, 1.82) is 0 Å². The quantitative estimate of drug-likeness (QED) is 0.758. The first kappa shape index (κ1) is 14.0. The number of H-pyrrole nitrogens is 1. The van der Waals surface area contributed by atoms with Crippen molar-refractivity contribution in [2.24, 2.45) is 0 Å². The highest BCUT2D eigenvalue weighted by Crippen LogP contribution is 2.19. The second-order valence-electron chi connectivity index (χ2n) is 5.87. The highest BCUT2D eigenvalue weighted by atomic mass is 15.3. The molecule has 0 amide bonds. The van der Waals surface area contributed by atoms with Gasteiger partial charge in [0.2, 0.25) is 5.95 Å². The molecule has 1 saturated heterocycles. The molecule has 1 fully saturated rings. The van der Waals surface area contributed by atoms with Gasteiger partial charge >= 0.3 is 0 Å². The van der Waals surface area contributed by atoms with E-state index in [9.17, 15) is 0 Å². The fourth-order valence-corrected chi connectivity index (χ4v) is 3.12. The van der Waals surface area contributed by atoms with E-state index in [1.807, 2.05) is 6.07 Å². The van der Waals surface area contributed by atoms with Gasteiger partial charge in [-0.25, -0.2) is 0 Å². The van der Waals surface area contributed by atoms with Crippen LogP contribution in [0.3, 0.4) is 0 Å². The molecule has 2 aromatic heterocycles. The van der Waals surface area contributed by atoms with Gasteiger partial charge in [0.15, 0.2) is 5.82 Å². The highest BCUT2D eigenvalue weighted by molar-refractivity contribution is 5.83. The van der Waals surface area contributed by atoms with Gasteiger partial charge in [0.25, 0.3) is 0 Å². The van der Waals surface area contributed by atoms with Crippen LogP contribution in [-0.2, 0) is 6.42 Å². The summed E-state index contributed by atoms with van der Waals surface area (Å²) in [6, 6.07) is 8.36. The summed E-state index contributed by atoms with van der Waals surface area (Å²) in [6.45, 7) is 2.91. The van der Waals surface area contributed by atoms with Gasteiger partial charge in [-0.2, -0.15) is 10.1 Å². The lowest BCUT2D eigenvalue weighted by atomic mass is 10.1. The van der Waals surface area contributed by atoms with Gasteiger partial charge in [-0.1, -0.05) is 18.2 Å². The van der Waals surface area contributed by atoms with Crippen molar-refractivity contribution in [1.82, 2.24) is 20.2 Å². The molecule has 3 aromatic rings. The van der Waals surface area contributed by atoms with Gasteiger partial charge in [0.1, 0.15) is 0 Å². The van der Waals surface area contributed by atoms with Crippen molar-refractivity contribution < 1.29 is 0 Å². The number of hydrogen-bond acceptors (Lipinski definition) is 5. The van der Waals surface area contributed by atoms with Crippen LogP contribution in [0.2, 0.25) is 0 Å². The lowest BCUT2D eigenvalue weighted by molar-refractivity contribution is 0.875. The van der Waals surface area contributed by atoms with E-state index in [-0.39, 0.29) is 0 Å².